The molecule has 1 rings (SSSR count). The van der Waals surface area contributed by atoms with Gasteiger partial charge in [-0.15, -0.1) is 0 Å². The Balaban J connectivity index is 2.23. The molecule has 1 aliphatic carbocycles. The van der Waals surface area contributed by atoms with E-state index in [9.17, 15) is 4.79 Å². The number of nitrogens with one attached hydrogen (secondary N) is 1. The number of rotatable bonds is 8. The Hall–Kier alpha value is -0.570. The fourth-order valence-electron chi connectivity index (χ4n) is 1.98. The predicted octanol–water partition coefficient (Wildman–Crippen LogP) is 2.06. The number of carbonyl (C=O) groups excluding carboxylic acids is 1. The second-order valence-electron chi connectivity index (χ2n) is 5.12. The summed E-state index contributed by atoms with van der Waals surface area (Å²) < 4.78 is 0. The molecule has 0 aromatic rings. The van der Waals surface area contributed by atoms with Crippen LogP contribution in [0.1, 0.15) is 52.4 Å². The van der Waals surface area contributed by atoms with Crippen molar-refractivity contribution in [2.24, 2.45) is 17.6 Å². The molecule has 0 aromatic carbocycles. The molecule has 3 nitrogen and oxygen atoms in total. The maximum atomic E-state index is 11.9. The molecule has 0 heterocycles. The molecule has 94 valence electrons. The summed E-state index contributed by atoms with van der Waals surface area (Å²) >= 11 is 0. The Labute approximate surface area is 99.2 Å². The zero-order chi connectivity index (χ0) is 12.0. The van der Waals surface area contributed by atoms with Gasteiger partial charge in [-0.05, 0) is 38.1 Å². The van der Waals surface area contributed by atoms with Crippen LogP contribution in [0.3, 0.4) is 0 Å². The summed E-state index contributed by atoms with van der Waals surface area (Å²) in [4.78, 5) is 11.9. The molecule has 0 saturated heterocycles. The number of nitrogens with two attached hydrogens (primary N) is 1. The summed E-state index contributed by atoms with van der Waals surface area (Å²) in [5, 5.41) is 3.17. The van der Waals surface area contributed by atoms with E-state index in [1.54, 1.807) is 0 Å². The average molecular weight is 226 g/mol. The van der Waals surface area contributed by atoms with E-state index in [1.165, 1.54) is 19.3 Å². The van der Waals surface area contributed by atoms with E-state index in [0.717, 1.165) is 25.2 Å². The lowest BCUT2D eigenvalue weighted by Gasteiger charge is -2.19. The van der Waals surface area contributed by atoms with Crippen LogP contribution in [-0.2, 0) is 4.79 Å². The maximum absolute atomic E-state index is 11.9. The standard InChI is InChI=1S/C13H26N2O/c1-3-12(9-11-6-7-11)15-13(16)10(2)5-4-8-14/h10-12H,3-9,14H2,1-2H3,(H,15,16). The lowest BCUT2D eigenvalue weighted by molar-refractivity contribution is -0.125. The molecule has 2 atom stereocenters. The van der Waals surface area contributed by atoms with Gasteiger partial charge >= 0.3 is 0 Å². The lowest BCUT2D eigenvalue weighted by atomic mass is 10.0. The van der Waals surface area contributed by atoms with Crippen LogP contribution in [0, 0.1) is 11.8 Å². The van der Waals surface area contributed by atoms with Gasteiger partial charge in [0.15, 0.2) is 0 Å². The third-order valence-corrected chi connectivity index (χ3v) is 3.44. The van der Waals surface area contributed by atoms with Crippen molar-refractivity contribution in [1.82, 2.24) is 5.32 Å². The van der Waals surface area contributed by atoms with Crippen molar-refractivity contribution in [3.05, 3.63) is 0 Å². The summed E-state index contributed by atoms with van der Waals surface area (Å²) in [6, 6.07) is 0.389. The van der Waals surface area contributed by atoms with Gasteiger partial charge in [0.05, 0.1) is 0 Å². The van der Waals surface area contributed by atoms with Crippen molar-refractivity contribution < 1.29 is 4.79 Å². The highest BCUT2D eigenvalue weighted by Gasteiger charge is 2.26. The second kappa shape index (κ2) is 6.89. The summed E-state index contributed by atoms with van der Waals surface area (Å²) in [7, 11) is 0. The number of hydrogen-bond acceptors (Lipinski definition) is 2. The zero-order valence-electron chi connectivity index (χ0n) is 10.7. The smallest absolute Gasteiger partial charge is 0.223 e. The first-order valence-corrected chi connectivity index (χ1v) is 6.67. The van der Waals surface area contributed by atoms with E-state index in [1.807, 2.05) is 6.92 Å². The molecule has 1 amide bonds. The van der Waals surface area contributed by atoms with Crippen LogP contribution in [0.2, 0.25) is 0 Å². The van der Waals surface area contributed by atoms with Crippen molar-refractivity contribution >= 4 is 5.91 Å². The van der Waals surface area contributed by atoms with E-state index in [2.05, 4.69) is 12.2 Å². The van der Waals surface area contributed by atoms with Gasteiger partial charge in [-0.3, -0.25) is 4.79 Å². The second-order valence-corrected chi connectivity index (χ2v) is 5.12. The Bertz CT molecular complexity index is 214. The SMILES string of the molecule is CCC(CC1CC1)NC(=O)C(C)CCCN. The highest BCUT2D eigenvalue weighted by Crippen LogP contribution is 2.34. The van der Waals surface area contributed by atoms with Crippen LogP contribution in [0.15, 0.2) is 0 Å². The molecule has 0 spiro atoms. The summed E-state index contributed by atoms with van der Waals surface area (Å²) in [6.45, 7) is 4.82. The molecular weight excluding hydrogens is 200 g/mol. The van der Waals surface area contributed by atoms with Gasteiger partial charge in [-0.2, -0.15) is 0 Å². The number of carbonyl (C=O) groups is 1. The fourth-order valence-corrected chi connectivity index (χ4v) is 1.98. The quantitative estimate of drug-likeness (QED) is 0.665. The first-order chi connectivity index (χ1) is 7.67. The number of amides is 1. The molecule has 0 aromatic heterocycles. The van der Waals surface area contributed by atoms with Crippen molar-refractivity contribution in [2.45, 2.75) is 58.4 Å². The van der Waals surface area contributed by atoms with Crippen LogP contribution in [-0.4, -0.2) is 18.5 Å². The number of hydrogen-bond donors (Lipinski definition) is 2. The zero-order valence-corrected chi connectivity index (χ0v) is 10.7. The predicted molar refractivity (Wildman–Crippen MR) is 67.0 cm³/mol. The van der Waals surface area contributed by atoms with Crippen LogP contribution < -0.4 is 11.1 Å². The van der Waals surface area contributed by atoms with Crippen molar-refractivity contribution in [3.63, 3.8) is 0 Å². The Morgan fingerprint density at radius 3 is 2.69 bits per heavy atom. The molecule has 1 saturated carbocycles. The van der Waals surface area contributed by atoms with E-state index in [4.69, 9.17) is 5.73 Å². The molecule has 1 aliphatic rings. The molecule has 1 fully saturated rings. The van der Waals surface area contributed by atoms with Gasteiger partial charge in [0.1, 0.15) is 0 Å². The first kappa shape index (κ1) is 13.5. The summed E-state index contributed by atoms with van der Waals surface area (Å²) in [5.74, 6) is 1.20. The van der Waals surface area contributed by atoms with Gasteiger partial charge in [-0.1, -0.05) is 26.7 Å². The highest BCUT2D eigenvalue weighted by molar-refractivity contribution is 5.78. The van der Waals surface area contributed by atoms with Gasteiger partial charge in [0.25, 0.3) is 0 Å². The van der Waals surface area contributed by atoms with Gasteiger partial charge in [-0.25, -0.2) is 0 Å². The van der Waals surface area contributed by atoms with Crippen molar-refractivity contribution in [3.8, 4) is 0 Å². The Morgan fingerprint density at radius 2 is 2.19 bits per heavy atom. The Morgan fingerprint density at radius 1 is 1.50 bits per heavy atom. The van der Waals surface area contributed by atoms with Gasteiger partial charge < -0.3 is 11.1 Å². The normalized spacial score (nSPS) is 19.2. The average Bonchev–Trinajstić information content (AvgIpc) is 3.08. The Kier molecular flexibility index (Phi) is 5.81. The van der Waals surface area contributed by atoms with Crippen LogP contribution >= 0.6 is 0 Å². The largest absolute Gasteiger partial charge is 0.353 e. The monoisotopic (exact) mass is 226 g/mol. The van der Waals surface area contributed by atoms with E-state index in [0.29, 0.717) is 12.6 Å². The van der Waals surface area contributed by atoms with Gasteiger partial charge in [0, 0.05) is 12.0 Å². The molecule has 0 aliphatic heterocycles. The third-order valence-electron chi connectivity index (χ3n) is 3.44. The third kappa shape index (κ3) is 4.97. The van der Waals surface area contributed by atoms with Crippen LogP contribution in [0.25, 0.3) is 0 Å². The lowest BCUT2D eigenvalue weighted by Crippen LogP contribution is -2.38. The molecule has 2 unspecified atom stereocenters. The van der Waals surface area contributed by atoms with E-state index >= 15 is 0 Å². The van der Waals surface area contributed by atoms with E-state index in [-0.39, 0.29) is 11.8 Å². The molecule has 3 N–H and O–H groups in total. The summed E-state index contributed by atoms with van der Waals surface area (Å²) in [5.41, 5.74) is 5.45. The van der Waals surface area contributed by atoms with E-state index < -0.39 is 0 Å². The van der Waals surface area contributed by atoms with Crippen LogP contribution in [0.5, 0.6) is 0 Å². The van der Waals surface area contributed by atoms with Crippen molar-refractivity contribution in [1.29, 1.82) is 0 Å². The first-order valence-electron chi connectivity index (χ1n) is 6.67. The maximum Gasteiger partial charge on any atom is 0.223 e. The van der Waals surface area contributed by atoms with Crippen molar-refractivity contribution in [2.75, 3.05) is 6.54 Å². The topological polar surface area (TPSA) is 55.1 Å². The highest BCUT2D eigenvalue weighted by atomic mass is 16.1. The molecular formula is C13H26N2O. The van der Waals surface area contributed by atoms with Gasteiger partial charge in [0.2, 0.25) is 5.91 Å². The van der Waals surface area contributed by atoms with Crippen LogP contribution in [0.4, 0.5) is 0 Å². The molecule has 0 radical (unpaired) electrons. The fraction of sp³-hybridized carbons (Fsp3) is 0.923. The molecule has 3 heteroatoms. The minimum absolute atomic E-state index is 0.108. The minimum Gasteiger partial charge on any atom is -0.353 e. The summed E-state index contributed by atoms with van der Waals surface area (Å²) in [6.07, 6.45) is 6.78. The molecule has 16 heavy (non-hydrogen) atoms. The minimum atomic E-state index is 0.108. The molecule has 0 bridgehead atoms.